The molecule has 0 aliphatic carbocycles. The Morgan fingerprint density at radius 1 is 0.667 bits per heavy atom. The van der Waals surface area contributed by atoms with E-state index >= 15 is 0 Å². The van der Waals surface area contributed by atoms with Crippen LogP contribution in [0.15, 0.2) is 91.0 Å². The summed E-state index contributed by atoms with van der Waals surface area (Å²) in [6.07, 6.45) is -3.68. The Hall–Kier alpha value is -2.52. The Bertz CT molecular complexity index is 1130. The summed E-state index contributed by atoms with van der Waals surface area (Å²) in [4.78, 5) is 13.2. The largest absolute Gasteiger partial charge is 0.566 e. The van der Waals surface area contributed by atoms with E-state index in [9.17, 15) is 9.46 Å². The summed E-state index contributed by atoms with van der Waals surface area (Å²) in [6.45, 7) is 13.2. The summed E-state index contributed by atoms with van der Waals surface area (Å²) in [5, 5.41) is 0. The van der Waals surface area contributed by atoms with Crippen LogP contribution < -0.4 is 9.79 Å². The van der Waals surface area contributed by atoms with Crippen LogP contribution in [-0.4, -0.2) is 50.3 Å². The van der Waals surface area contributed by atoms with E-state index in [1.807, 2.05) is 97.9 Å². The monoisotopic (exact) mass is 598 g/mol. The van der Waals surface area contributed by atoms with E-state index in [2.05, 4.69) is 20.8 Å². The Morgan fingerprint density at radius 2 is 1.05 bits per heavy atom. The summed E-state index contributed by atoms with van der Waals surface area (Å²) in [5.74, 6) is 0. The number of hydrogen-bond acceptors (Lipinski definition) is 7. The normalized spacial score (nSPS) is 22.3. The molecule has 1 saturated heterocycles. The lowest BCUT2D eigenvalue weighted by Crippen LogP contribution is -3.11. The first kappa shape index (κ1) is 34.0. The van der Waals surface area contributed by atoms with Crippen LogP contribution in [0.2, 0.25) is 0 Å². The van der Waals surface area contributed by atoms with E-state index < -0.39 is 39.0 Å². The molecule has 42 heavy (non-hydrogen) atoms. The third-order valence-electron chi connectivity index (χ3n) is 7.27. The van der Waals surface area contributed by atoms with Gasteiger partial charge in [-0.25, -0.2) is 0 Å². The van der Waals surface area contributed by atoms with Gasteiger partial charge in [-0.2, -0.15) is 0 Å². The predicted octanol–water partition coefficient (Wildman–Crippen LogP) is 4.45. The van der Waals surface area contributed by atoms with Crippen LogP contribution in [0.1, 0.15) is 44.4 Å². The van der Waals surface area contributed by atoms with Gasteiger partial charge in [0, 0.05) is 0 Å². The molecule has 8 nitrogen and oxygen atoms in total. The fraction of sp³-hybridized carbons (Fsp3) is 0.455. The highest BCUT2D eigenvalue weighted by Crippen LogP contribution is 2.33. The molecular weight excluding hydrogens is 553 g/mol. The van der Waals surface area contributed by atoms with Crippen molar-refractivity contribution in [2.45, 2.75) is 78.2 Å². The lowest BCUT2D eigenvalue weighted by Gasteiger charge is -2.43. The van der Waals surface area contributed by atoms with E-state index in [1.54, 1.807) is 4.90 Å². The van der Waals surface area contributed by atoms with Gasteiger partial charge in [0.25, 0.3) is 0 Å². The topological polar surface area (TPSA) is 90.7 Å². The van der Waals surface area contributed by atoms with Crippen molar-refractivity contribution in [3.63, 3.8) is 0 Å². The maximum atomic E-state index is 11.5. The zero-order valence-corrected chi connectivity index (χ0v) is 26.0. The lowest BCUT2D eigenvalue weighted by atomic mass is 9.98. The maximum absolute atomic E-state index is 11.5. The van der Waals surface area contributed by atoms with E-state index in [0.717, 1.165) is 16.7 Å². The predicted molar refractivity (Wildman–Crippen MR) is 161 cm³/mol. The number of quaternary nitrogens is 1. The van der Waals surface area contributed by atoms with Crippen LogP contribution in [0, 0.1) is 0 Å². The van der Waals surface area contributed by atoms with Crippen LogP contribution in [-0.2, 0) is 47.9 Å². The highest BCUT2D eigenvalue weighted by Gasteiger charge is 2.49. The average molecular weight is 599 g/mol. The molecule has 0 spiro atoms. The standard InChI is InChI=1S/C27H29O7P.C6H15N/c1-20-24(30-17-21-11-5-2-6-12-21)25(31-18-22-13-7-3-8-14-22)26(27(33-20)34-35(28)29)32-19-23-15-9-4-10-16-23;1-4-7(5-2)6-3/h2-16,20,24-27H,17-19H2,1H3;4-6H2,1-3H3/p+1/t20-,24-,25+,26+,27-;/m0./s1. The lowest BCUT2D eigenvalue weighted by molar-refractivity contribution is -0.894. The fourth-order valence-electron chi connectivity index (χ4n) is 4.79. The van der Waals surface area contributed by atoms with Crippen molar-refractivity contribution in [2.24, 2.45) is 0 Å². The van der Waals surface area contributed by atoms with Gasteiger partial charge in [-0.15, -0.1) is 4.52 Å². The Labute approximate surface area is 251 Å². The summed E-state index contributed by atoms with van der Waals surface area (Å²) in [7, 11) is -3.17. The number of hydrogen-bond donors (Lipinski definition) is 1. The van der Waals surface area contributed by atoms with Crippen molar-refractivity contribution in [1.82, 2.24) is 0 Å². The second-order valence-corrected chi connectivity index (χ2v) is 10.8. The molecule has 1 aliphatic heterocycles. The molecule has 1 N–H and O–H groups in total. The molecular formula is C33H45NO7P+. The second-order valence-electron chi connectivity index (χ2n) is 10.1. The number of ether oxygens (including phenoxy) is 4. The van der Waals surface area contributed by atoms with Crippen LogP contribution in [0.25, 0.3) is 0 Å². The first-order valence-corrected chi connectivity index (χ1v) is 15.8. The molecule has 0 saturated carbocycles. The van der Waals surface area contributed by atoms with E-state index in [0.29, 0.717) is 13.2 Å². The molecule has 0 bridgehead atoms. The number of benzene rings is 3. The van der Waals surface area contributed by atoms with Gasteiger partial charge in [-0.3, -0.25) is 0 Å². The van der Waals surface area contributed by atoms with Crippen molar-refractivity contribution < 1.29 is 37.8 Å². The zero-order valence-electron chi connectivity index (χ0n) is 25.1. The minimum Gasteiger partial charge on any atom is -0.566 e. The van der Waals surface area contributed by atoms with Gasteiger partial charge in [-0.05, 0) is 49.0 Å². The van der Waals surface area contributed by atoms with Gasteiger partial charge in [0.2, 0.25) is 6.29 Å². The van der Waals surface area contributed by atoms with Crippen LogP contribution in [0.5, 0.6) is 0 Å². The maximum Gasteiger partial charge on any atom is 0.491 e. The van der Waals surface area contributed by atoms with Crippen LogP contribution >= 0.6 is 8.25 Å². The molecule has 3 aromatic carbocycles. The molecule has 1 aliphatic rings. The van der Waals surface area contributed by atoms with Gasteiger partial charge < -0.3 is 28.7 Å². The molecule has 1 heterocycles. The van der Waals surface area contributed by atoms with Gasteiger partial charge >= 0.3 is 8.25 Å². The average Bonchev–Trinajstić information content (AvgIpc) is 3.01. The van der Waals surface area contributed by atoms with Crippen molar-refractivity contribution in [3.05, 3.63) is 108 Å². The molecule has 1 unspecified atom stereocenters. The van der Waals surface area contributed by atoms with E-state index in [-0.39, 0.29) is 6.61 Å². The Kier molecular flexibility index (Phi) is 15.3. The summed E-state index contributed by atoms with van der Waals surface area (Å²) < 4.78 is 41.4. The SMILES string of the molecule is CC[NH+](CC)CC.C[C@@H]1O[C@@H](O[P+](=O)[O-])[C@H](OCc2ccccc2)[C@H](OCc2ccccc2)[C@H]1OCc1ccccc1. The number of nitrogens with one attached hydrogen (secondary N) is 1. The highest BCUT2D eigenvalue weighted by molar-refractivity contribution is 7.30. The highest BCUT2D eigenvalue weighted by atomic mass is 31.1. The molecule has 0 radical (unpaired) electrons. The minimum absolute atomic E-state index is 0.231. The van der Waals surface area contributed by atoms with Gasteiger partial charge in [0.05, 0.1) is 45.6 Å². The smallest absolute Gasteiger partial charge is 0.491 e. The Balaban J connectivity index is 0.000000616. The summed E-state index contributed by atoms with van der Waals surface area (Å²) in [6, 6.07) is 29.1. The Morgan fingerprint density at radius 3 is 1.40 bits per heavy atom. The first-order chi connectivity index (χ1) is 20.4. The van der Waals surface area contributed by atoms with Gasteiger partial charge in [0.15, 0.2) is 0 Å². The summed E-state index contributed by atoms with van der Waals surface area (Å²) >= 11 is 0. The molecule has 0 amide bonds. The van der Waals surface area contributed by atoms with Crippen molar-refractivity contribution in [3.8, 4) is 0 Å². The van der Waals surface area contributed by atoms with E-state index in [1.165, 1.54) is 19.6 Å². The second kappa shape index (κ2) is 18.9. The molecule has 0 aromatic heterocycles. The molecule has 4 rings (SSSR count). The first-order valence-electron chi connectivity index (χ1n) is 14.7. The molecule has 1 fully saturated rings. The third kappa shape index (κ3) is 11.3. The van der Waals surface area contributed by atoms with Crippen LogP contribution in [0.3, 0.4) is 0 Å². The minimum atomic E-state index is -3.17. The van der Waals surface area contributed by atoms with Crippen molar-refractivity contribution in [1.29, 1.82) is 0 Å². The van der Waals surface area contributed by atoms with Gasteiger partial charge in [0.1, 0.15) is 18.3 Å². The quantitative estimate of drug-likeness (QED) is 0.274. The molecule has 9 heteroatoms. The van der Waals surface area contributed by atoms with E-state index in [4.69, 9.17) is 23.5 Å². The zero-order chi connectivity index (χ0) is 30.2. The van der Waals surface area contributed by atoms with Crippen molar-refractivity contribution >= 4 is 8.25 Å². The van der Waals surface area contributed by atoms with Crippen LogP contribution in [0.4, 0.5) is 0 Å². The van der Waals surface area contributed by atoms with Crippen molar-refractivity contribution in [2.75, 3.05) is 19.6 Å². The molecule has 6 atom stereocenters. The van der Waals surface area contributed by atoms with Gasteiger partial charge in [-0.1, -0.05) is 91.0 Å². The fourth-order valence-corrected chi connectivity index (χ4v) is 5.13. The third-order valence-corrected chi connectivity index (χ3v) is 7.65. The molecule has 228 valence electrons. The summed E-state index contributed by atoms with van der Waals surface area (Å²) in [5.41, 5.74) is 2.91. The number of rotatable bonds is 14. The molecule has 3 aromatic rings.